The smallest absolute Gasteiger partial charge is 0.177 e. The second kappa shape index (κ2) is 8.01. The van der Waals surface area contributed by atoms with E-state index < -0.39 is 5.41 Å². The van der Waals surface area contributed by atoms with Crippen LogP contribution < -0.4 is 9.47 Å². The highest BCUT2D eigenvalue weighted by atomic mass is 31.1. The number of methoxy groups -OCH3 is 2. The molecule has 0 radical (unpaired) electrons. The maximum absolute atomic E-state index is 13.8. The molecule has 1 fully saturated rings. The van der Waals surface area contributed by atoms with Gasteiger partial charge in [-0.3, -0.25) is 9.36 Å². The van der Waals surface area contributed by atoms with E-state index in [9.17, 15) is 9.36 Å². The van der Waals surface area contributed by atoms with Crippen LogP contribution in [0.15, 0.2) is 48.5 Å². The summed E-state index contributed by atoms with van der Waals surface area (Å²) in [7, 11) is 3.06. The van der Waals surface area contributed by atoms with Gasteiger partial charge in [0.05, 0.1) is 25.3 Å². The first-order valence-electron chi connectivity index (χ1n) is 8.81. The molecule has 0 saturated heterocycles. The number of carbonyl (C=O) groups excluding carboxylic acids is 1. The molecule has 0 heterocycles. The number of carbonyl (C=O) groups is 1. The van der Waals surface area contributed by atoms with Crippen molar-refractivity contribution in [2.75, 3.05) is 14.2 Å². The summed E-state index contributed by atoms with van der Waals surface area (Å²) in [6, 6.07) is 15.0. The Labute approximate surface area is 155 Å². The van der Waals surface area contributed by atoms with Crippen LogP contribution in [0, 0.1) is 5.41 Å². The largest absolute Gasteiger partial charge is 0.496 e. The van der Waals surface area contributed by atoms with Crippen molar-refractivity contribution in [1.29, 1.82) is 0 Å². The fourth-order valence-electron chi connectivity index (χ4n) is 4.07. The van der Waals surface area contributed by atoms with Gasteiger partial charge in [0.2, 0.25) is 0 Å². The average Bonchev–Trinajstić information content (AvgIpc) is 3.19. The normalized spacial score (nSPS) is 17.0. The molecule has 2 aromatic rings. The fraction of sp³-hybridized carbons (Fsp3) is 0.381. The summed E-state index contributed by atoms with van der Waals surface area (Å²) in [5, 5.41) is 0. The molecule has 26 heavy (non-hydrogen) atoms. The second-order valence-electron chi connectivity index (χ2n) is 6.65. The van der Waals surface area contributed by atoms with Gasteiger partial charge in [0.15, 0.2) is 14.2 Å². The molecule has 1 aliphatic carbocycles. The third-order valence-electron chi connectivity index (χ3n) is 5.35. The van der Waals surface area contributed by atoms with E-state index in [1.807, 2.05) is 30.3 Å². The average molecular weight is 370 g/mol. The number of rotatable bonds is 7. The van der Waals surface area contributed by atoms with Crippen molar-refractivity contribution in [3.05, 3.63) is 59.7 Å². The topological polar surface area (TPSA) is 52.6 Å². The van der Waals surface area contributed by atoms with Crippen molar-refractivity contribution >= 4 is 14.2 Å². The Hall–Kier alpha value is -2.19. The molecule has 0 spiro atoms. The number of benzene rings is 2. The standard InChI is InChI=1S/C21H23O4P/c1-24-16-11-8-12-17(25-2)18(16)19(22)21(13-6-7-14-21)20(26-23)15-9-4-3-5-10-15/h3-5,8-12,20H,6-7,13-14H2,1-2H3. The highest BCUT2D eigenvalue weighted by Crippen LogP contribution is 2.56. The van der Waals surface area contributed by atoms with Crippen LogP contribution in [-0.4, -0.2) is 20.0 Å². The predicted molar refractivity (Wildman–Crippen MR) is 102 cm³/mol. The highest BCUT2D eigenvalue weighted by molar-refractivity contribution is 7.24. The number of hydrogen-bond donors (Lipinski definition) is 0. The van der Waals surface area contributed by atoms with Crippen LogP contribution >= 0.6 is 8.46 Å². The molecule has 0 aromatic heterocycles. The minimum Gasteiger partial charge on any atom is -0.496 e. The molecular formula is C21H23O4P. The first-order valence-corrected chi connectivity index (χ1v) is 9.69. The first-order chi connectivity index (χ1) is 12.7. The number of ether oxygens (including phenoxy) is 2. The van der Waals surface area contributed by atoms with Gasteiger partial charge in [-0.15, -0.1) is 0 Å². The lowest BCUT2D eigenvalue weighted by Crippen LogP contribution is -2.33. The van der Waals surface area contributed by atoms with E-state index in [0.717, 1.165) is 18.4 Å². The van der Waals surface area contributed by atoms with E-state index in [-0.39, 0.29) is 19.9 Å². The minimum atomic E-state index is -0.716. The van der Waals surface area contributed by atoms with Crippen LogP contribution in [0.2, 0.25) is 0 Å². The van der Waals surface area contributed by atoms with Crippen molar-refractivity contribution < 1.29 is 18.8 Å². The number of hydrogen-bond acceptors (Lipinski definition) is 4. The maximum Gasteiger partial charge on any atom is 0.177 e. The SMILES string of the molecule is COc1cccc(OC)c1C(=O)C1(C(P=O)c2ccccc2)CCCC1. The molecule has 1 atom stereocenters. The van der Waals surface area contributed by atoms with Crippen LogP contribution in [0.4, 0.5) is 0 Å². The Morgan fingerprint density at radius 2 is 1.54 bits per heavy atom. The van der Waals surface area contributed by atoms with Crippen molar-refractivity contribution in [1.82, 2.24) is 0 Å². The Balaban J connectivity index is 2.14. The van der Waals surface area contributed by atoms with Gasteiger partial charge in [0.25, 0.3) is 0 Å². The van der Waals surface area contributed by atoms with Gasteiger partial charge in [0, 0.05) is 0 Å². The zero-order chi connectivity index (χ0) is 18.6. The molecule has 0 amide bonds. The summed E-state index contributed by atoms with van der Waals surface area (Å²) in [5.74, 6) is 0.950. The molecule has 0 aliphatic heterocycles. The lowest BCUT2D eigenvalue weighted by atomic mass is 9.73. The van der Waals surface area contributed by atoms with Gasteiger partial charge < -0.3 is 9.47 Å². The molecule has 1 unspecified atom stereocenters. The molecule has 136 valence electrons. The van der Waals surface area contributed by atoms with Crippen LogP contribution in [0.25, 0.3) is 0 Å². The third kappa shape index (κ3) is 3.14. The fourth-order valence-corrected chi connectivity index (χ4v) is 4.94. The van der Waals surface area contributed by atoms with Crippen LogP contribution in [0.3, 0.4) is 0 Å². The Morgan fingerprint density at radius 3 is 2.04 bits per heavy atom. The van der Waals surface area contributed by atoms with E-state index in [1.165, 1.54) is 0 Å². The van der Waals surface area contributed by atoms with Crippen molar-refractivity contribution in [3.8, 4) is 11.5 Å². The van der Waals surface area contributed by atoms with Gasteiger partial charge in [0.1, 0.15) is 17.1 Å². The molecule has 3 rings (SSSR count). The van der Waals surface area contributed by atoms with Crippen LogP contribution in [-0.2, 0) is 4.57 Å². The summed E-state index contributed by atoms with van der Waals surface area (Å²) in [6.45, 7) is 0. The van der Waals surface area contributed by atoms with Gasteiger partial charge >= 0.3 is 0 Å². The first kappa shape index (κ1) is 18.6. The van der Waals surface area contributed by atoms with E-state index in [1.54, 1.807) is 32.4 Å². The van der Waals surface area contributed by atoms with Crippen molar-refractivity contribution in [3.63, 3.8) is 0 Å². The molecule has 0 bridgehead atoms. The highest BCUT2D eigenvalue weighted by Gasteiger charge is 2.50. The zero-order valence-corrected chi connectivity index (χ0v) is 16.0. The predicted octanol–water partition coefficient (Wildman–Crippen LogP) is 5.48. The monoisotopic (exact) mass is 370 g/mol. The van der Waals surface area contributed by atoms with Crippen molar-refractivity contribution in [2.45, 2.75) is 31.3 Å². The lowest BCUT2D eigenvalue weighted by Gasteiger charge is -2.33. The molecular weight excluding hydrogens is 347 g/mol. The molecule has 0 N–H and O–H groups in total. The quantitative estimate of drug-likeness (QED) is 0.478. The summed E-state index contributed by atoms with van der Waals surface area (Å²) < 4.78 is 23.1. The van der Waals surface area contributed by atoms with Crippen molar-refractivity contribution in [2.24, 2.45) is 5.41 Å². The van der Waals surface area contributed by atoms with E-state index in [2.05, 4.69) is 0 Å². The molecule has 1 aliphatic rings. The molecule has 2 aromatic carbocycles. The third-order valence-corrected chi connectivity index (χ3v) is 6.35. The molecule has 1 saturated carbocycles. The van der Waals surface area contributed by atoms with Gasteiger partial charge in [-0.05, 0) is 30.5 Å². The Bertz CT molecular complexity index is 760. The van der Waals surface area contributed by atoms with Crippen LogP contribution in [0.5, 0.6) is 11.5 Å². The number of ketones is 1. The second-order valence-corrected chi connectivity index (χ2v) is 7.38. The Morgan fingerprint density at radius 1 is 0.962 bits per heavy atom. The number of Topliss-reactive ketones (excluding diaryl/α,β-unsaturated/α-hetero) is 1. The van der Waals surface area contributed by atoms with Gasteiger partial charge in [-0.25, -0.2) is 0 Å². The zero-order valence-electron chi connectivity index (χ0n) is 15.1. The summed E-state index contributed by atoms with van der Waals surface area (Å²) >= 11 is 0. The maximum atomic E-state index is 13.8. The van der Waals surface area contributed by atoms with E-state index in [4.69, 9.17) is 9.47 Å². The molecule has 4 nitrogen and oxygen atoms in total. The van der Waals surface area contributed by atoms with Gasteiger partial charge in [-0.2, -0.15) is 0 Å². The summed E-state index contributed by atoms with van der Waals surface area (Å²) in [4.78, 5) is 13.8. The van der Waals surface area contributed by atoms with Crippen LogP contribution in [0.1, 0.15) is 47.3 Å². The minimum absolute atomic E-state index is 0.0360. The van der Waals surface area contributed by atoms with E-state index >= 15 is 0 Å². The summed E-state index contributed by atoms with van der Waals surface area (Å²) in [5.41, 5.74) is 0.276. The lowest BCUT2D eigenvalue weighted by molar-refractivity contribution is 0.0783. The Kier molecular flexibility index (Phi) is 5.73. The molecule has 5 heteroatoms. The summed E-state index contributed by atoms with van der Waals surface area (Å²) in [6.07, 6.45) is 3.31. The van der Waals surface area contributed by atoms with E-state index in [0.29, 0.717) is 29.9 Å². The van der Waals surface area contributed by atoms with Gasteiger partial charge in [-0.1, -0.05) is 49.2 Å².